The predicted molar refractivity (Wildman–Crippen MR) is 51.1 cm³/mol. The SMILES string of the molecule is O=S(=O)(O)c1cccc(Cl)c1S(=O)(=O)O. The van der Waals surface area contributed by atoms with Gasteiger partial charge < -0.3 is 0 Å². The lowest BCUT2D eigenvalue weighted by molar-refractivity contribution is 0.466. The van der Waals surface area contributed by atoms with Gasteiger partial charge in [0.05, 0.1) is 5.02 Å². The van der Waals surface area contributed by atoms with Crippen LogP contribution in [0.15, 0.2) is 28.0 Å². The van der Waals surface area contributed by atoms with Gasteiger partial charge >= 0.3 is 0 Å². The van der Waals surface area contributed by atoms with Crippen LogP contribution in [0.3, 0.4) is 0 Å². The van der Waals surface area contributed by atoms with E-state index in [9.17, 15) is 16.8 Å². The lowest BCUT2D eigenvalue weighted by Crippen LogP contribution is -2.08. The van der Waals surface area contributed by atoms with Crippen molar-refractivity contribution in [3.8, 4) is 0 Å². The van der Waals surface area contributed by atoms with Gasteiger partial charge in [0.2, 0.25) is 0 Å². The molecule has 0 bridgehead atoms. The molecule has 84 valence electrons. The lowest BCUT2D eigenvalue weighted by atomic mass is 10.4. The van der Waals surface area contributed by atoms with Gasteiger partial charge in [0.1, 0.15) is 9.79 Å². The number of hydrogen-bond donors (Lipinski definition) is 2. The monoisotopic (exact) mass is 272 g/mol. The van der Waals surface area contributed by atoms with E-state index in [1.54, 1.807) is 0 Å². The van der Waals surface area contributed by atoms with Gasteiger partial charge in [0.15, 0.2) is 0 Å². The summed E-state index contributed by atoms with van der Waals surface area (Å²) >= 11 is 5.41. The van der Waals surface area contributed by atoms with E-state index in [0.717, 1.165) is 18.2 Å². The Morgan fingerprint density at radius 3 is 1.87 bits per heavy atom. The van der Waals surface area contributed by atoms with Crippen LogP contribution in [0.1, 0.15) is 0 Å². The van der Waals surface area contributed by atoms with Gasteiger partial charge in [0, 0.05) is 0 Å². The second kappa shape index (κ2) is 3.72. The lowest BCUT2D eigenvalue weighted by Gasteiger charge is -2.05. The molecule has 0 spiro atoms. The topological polar surface area (TPSA) is 109 Å². The molecule has 15 heavy (non-hydrogen) atoms. The average molecular weight is 273 g/mol. The molecule has 0 fully saturated rings. The van der Waals surface area contributed by atoms with Crippen LogP contribution < -0.4 is 0 Å². The highest BCUT2D eigenvalue weighted by Gasteiger charge is 2.26. The molecule has 9 heteroatoms. The Morgan fingerprint density at radius 2 is 1.53 bits per heavy atom. The van der Waals surface area contributed by atoms with Crippen molar-refractivity contribution < 1.29 is 25.9 Å². The van der Waals surface area contributed by atoms with E-state index in [1.807, 2.05) is 0 Å². The van der Waals surface area contributed by atoms with Crippen LogP contribution in [-0.2, 0) is 20.2 Å². The van der Waals surface area contributed by atoms with Crippen LogP contribution >= 0.6 is 11.6 Å². The van der Waals surface area contributed by atoms with Crippen molar-refractivity contribution >= 4 is 31.8 Å². The summed E-state index contributed by atoms with van der Waals surface area (Å²) in [5.41, 5.74) is 0. The first-order valence-corrected chi connectivity index (χ1v) is 6.63. The van der Waals surface area contributed by atoms with Gasteiger partial charge in [-0.2, -0.15) is 16.8 Å². The van der Waals surface area contributed by atoms with Crippen molar-refractivity contribution in [2.75, 3.05) is 0 Å². The summed E-state index contributed by atoms with van der Waals surface area (Å²) in [5.74, 6) is 0. The van der Waals surface area contributed by atoms with Gasteiger partial charge in [-0.25, -0.2) is 0 Å². The van der Waals surface area contributed by atoms with Crippen molar-refractivity contribution in [2.24, 2.45) is 0 Å². The normalized spacial score (nSPS) is 12.7. The van der Waals surface area contributed by atoms with E-state index in [-0.39, 0.29) is 0 Å². The highest BCUT2D eigenvalue weighted by molar-refractivity contribution is 7.89. The minimum absolute atomic E-state index is 0.493. The van der Waals surface area contributed by atoms with E-state index in [0.29, 0.717) is 0 Å². The fourth-order valence-electron chi connectivity index (χ4n) is 0.943. The maximum absolute atomic E-state index is 10.8. The molecular weight excluding hydrogens is 268 g/mol. The molecule has 0 heterocycles. The summed E-state index contributed by atoms with van der Waals surface area (Å²) in [6, 6.07) is 3.00. The summed E-state index contributed by atoms with van der Waals surface area (Å²) in [7, 11) is -9.58. The zero-order valence-corrected chi connectivity index (χ0v) is 9.34. The Hall–Kier alpha value is -0.670. The molecule has 0 aliphatic carbocycles. The third-order valence-corrected chi connectivity index (χ3v) is 3.87. The molecule has 0 amide bonds. The first kappa shape index (κ1) is 12.4. The van der Waals surface area contributed by atoms with E-state index < -0.39 is 35.0 Å². The van der Waals surface area contributed by atoms with E-state index in [2.05, 4.69) is 0 Å². The summed E-state index contributed by atoms with van der Waals surface area (Å²) in [6.45, 7) is 0. The fourth-order valence-corrected chi connectivity index (χ4v) is 3.33. The minimum Gasteiger partial charge on any atom is -0.282 e. The summed E-state index contributed by atoms with van der Waals surface area (Å²) < 4.78 is 60.6. The molecule has 0 unspecified atom stereocenters. The number of benzene rings is 1. The predicted octanol–water partition coefficient (Wildman–Crippen LogP) is 0.833. The Labute approximate surface area is 91.0 Å². The van der Waals surface area contributed by atoms with Gasteiger partial charge in [-0.05, 0) is 12.1 Å². The molecule has 0 aliphatic rings. The summed E-state index contributed by atoms with van der Waals surface area (Å²) in [6.07, 6.45) is 0. The van der Waals surface area contributed by atoms with Gasteiger partial charge in [0.25, 0.3) is 20.2 Å². The van der Waals surface area contributed by atoms with Crippen LogP contribution in [0.5, 0.6) is 0 Å². The van der Waals surface area contributed by atoms with Gasteiger partial charge in [-0.1, -0.05) is 17.7 Å². The number of hydrogen-bond acceptors (Lipinski definition) is 4. The van der Waals surface area contributed by atoms with E-state index in [1.165, 1.54) is 0 Å². The Bertz CT molecular complexity index is 588. The number of rotatable bonds is 2. The Kier molecular flexibility index (Phi) is 3.08. The van der Waals surface area contributed by atoms with E-state index in [4.69, 9.17) is 20.7 Å². The molecular formula is C6H5ClO6S2. The molecule has 0 atom stereocenters. The molecule has 0 radical (unpaired) electrons. The molecule has 0 saturated carbocycles. The second-order valence-corrected chi connectivity index (χ2v) is 5.67. The fraction of sp³-hybridized carbons (Fsp3) is 0. The molecule has 0 aliphatic heterocycles. The van der Waals surface area contributed by atoms with Crippen molar-refractivity contribution in [2.45, 2.75) is 9.79 Å². The second-order valence-electron chi connectivity index (χ2n) is 2.52. The highest BCUT2D eigenvalue weighted by atomic mass is 35.5. The molecule has 1 aromatic carbocycles. The van der Waals surface area contributed by atoms with Crippen molar-refractivity contribution in [1.82, 2.24) is 0 Å². The van der Waals surface area contributed by atoms with Crippen LogP contribution in [0.2, 0.25) is 5.02 Å². The smallest absolute Gasteiger partial charge is 0.282 e. The average Bonchev–Trinajstić information content (AvgIpc) is 1.99. The standard InChI is InChI=1S/C6H5ClO6S2/c7-4-2-1-3-5(14(8,9)10)6(4)15(11,12)13/h1-3H,(H,8,9,10)(H,11,12,13). The summed E-state index contributed by atoms with van der Waals surface area (Å²) in [5, 5.41) is -0.493. The number of halogens is 1. The van der Waals surface area contributed by atoms with Crippen LogP contribution in [0.4, 0.5) is 0 Å². The third kappa shape index (κ3) is 2.67. The van der Waals surface area contributed by atoms with Crippen molar-refractivity contribution in [3.63, 3.8) is 0 Å². The van der Waals surface area contributed by atoms with Gasteiger partial charge in [-0.3, -0.25) is 9.11 Å². The first-order chi connectivity index (χ1) is 6.64. The Balaban J connectivity index is 3.79. The van der Waals surface area contributed by atoms with Crippen LogP contribution in [0, 0.1) is 0 Å². The van der Waals surface area contributed by atoms with Crippen molar-refractivity contribution in [3.05, 3.63) is 23.2 Å². The maximum atomic E-state index is 10.8. The van der Waals surface area contributed by atoms with Crippen LogP contribution in [0.25, 0.3) is 0 Å². The zero-order chi connectivity index (χ0) is 11.9. The minimum atomic E-state index is -4.82. The highest BCUT2D eigenvalue weighted by Crippen LogP contribution is 2.27. The molecule has 0 aromatic heterocycles. The Morgan fingerprint density at radius 1 is 1.00 bits per heavy atom. The van der Waals surface area contributed by atoms with Crippen LogP contribution in [-0.4, -0.2) is 25.9 Å². The third-order valence-electron chi connectivity index (χ3n) is 1.47. The first-order valence-electron chi connectivity index (χ1n) is 3.37. The molecule has 0 saturated heterocycles. The summed E-state index contributed by atoms with van der Waals surface area (Å²) in [4.78, 5) is -1.99. The molecule has 2 N–H and O–H groups in total. The molecule has 1 aromatic rings. The quantitative estimate of drug-likeness (QED) is 0.772. The molecule has 1 rings (SSSR count). The largest absolute Gasteiger partial charge is 0.297 e. The molecule has 6 nitrogen and oxygen atoms in total. The zero-order valence-electron chi connectivity index (χ0n) is 6.95. The van der Waals surface area contributed by atoms with Gasteiger partial charge in [-0.15, -0.1) is 0 Å². The van der Waals surface area contributed by atoms with E-state index >= 15 is 0 Å². The maximum Gasteiger partial charge on any atom is 0.297 e. The van der Waals surface area contributed by atoms with Crippen molar-refractivity contribution in [1.29, 1.82) is 0 Å².